The van der Waals surface area contributed by atoms with E-state index in [4.69, 9.17) is 37.7 Å². The molecule has 17 heteroatoms. The number of carbonyl (C=O) groups excluding carboxylic acids is 2. The molecule has 47 heavy (non-hydrogen) atoms. The number of carbonyl (C=O) groups is 3. The molecule has 248 valence electrons. The molecule has 0 aliphatic carbocycles. The number of fused-ring (bicyclic) bond motifs is 1. The van der Waals surface area contributed by atoms with Gasteiger partial charge in [-0.25, -0.2) is 9.31 Å². The standard InChI is InChI=1S/C28H28ClN7O4.C2HF3O2/c1-16(6-5-10-30)25(28(39)33-27-24(26(32)38)21-7-3-4-11-36(21)34-27)35-15-22(40-2)20(13-23(35)37)19-12-18(29)9-8-17(19)14-31;3-2(4,5)1(6)7/h3-4,7-9,11-13,15-16,25H,5-6,10,30H2,1-2H3,(H2,32,38)(H,33,34,39);(H,6,7). The van der Waals surface area contributed by atoms with Crippen LogP contribution in [0, 0.1) is 17.2 Å². The number of hydrogen-bond acceptors (Lipinski definition) is 8. The SMILES string of the molecule is COc1cn(C(C(=O)Nc2nn3ccccc3c2C(N)=O)C(C)CCCN)c(=O)cc1-c1cc(Cl)ccc1C#N.O=C(O)C(F)(F)F. The highest BCUT2D eigenvalue weighted by Crippen LogP contribution is 2.34. The molecule has 0 fully saturated rings. The molecule has 3 aromatic heterocycles. The van der Waals surface area contributed by atoms with Gasteiger partial charge in [0.1, 0.15) is 17.4 Å². The number of carboxylic acid groups (broad SMARTS) is 1. The molecule has 3 heterocycles. The number of ether oxygens (including phenoxy) is 1. The molecule has 0 bridgehead atoms. The van der Waals surface area contributed by atoms with E-state index in [2.05, 4.69) is 16.5 Å². The number of nitrogens with zero attached hydrogens (tertiary/aromatic N) is 4. The van der Waals surface area contributed by atoms with Gasteiger partial charge in [0.15, 0.2) is 5.82 Å². The molecule has 4 rings (SSSR count). The Morgan fingerprint density at radius 3 is 2.45 bits per heavy atom. The van der Waals surface area contributed by atoms with Crippen LogP contribution in [-0.2, 0) is 9.59 Å². The summed E-state index contributed by atoms with van der Waals surface area (Å²) < 4.78 is 40.0. The predicted molar refractivity (Wildman–Crippen MR) is 165 cm³/mol. The van der Waals surface area contributed by atoms with Gasteiger partial charge in [0.2, 0.25) is 5.91 Å². The van der Waals surface area contributed by atoms with Crippen molar-refractivity contribution in [3.63, 3.8) is 0 Å². The predicted octanol–water partition coefficient (Wildman–Crippen LogP) is 3.98. The van der Waals surface area contributed by atoms with Crippen LogP contribution < -0.4 is 27.1 Å². The van der Waals surface area contributed by atoms with Gasteiger partial charge in [-0.15, -0.1) is 5.10 Å². The number of amides is 2. The highest BCUT2D eigenvalue weighted by atomic mass is 35.5. The average molecular weight is 676 g/mol. The minimum atomic E-state index is -5.08. The van der Waals surface area contributed by atoms with Gasteiger partial charge in [-0.05, 0) is 55.6 Å². The number of anilines is 1. The zero-order valence-corrected chi connectivity index (χ0v) is 25.7. The number of nitriles is 1. The van der Waals surface area contributed by atoms with Gasteiger partial charge in [0.25, 0.3) is 11.5 Å². The Labute approximate surface area is 270 Å². The van der Waals surface area contributed by atoms with E-state index in [0.29, 0.717) is 46.6 Å². The number of nitrogens with one attached hydrogen (secondary N) is 1. The molecule has 0 saturated heterocycles. The smallest absolute Gasteiger partial charge is 0.490 e. The summed E-state index contributed by atoms with van der Waals surface area (Å²) in [6.45, 7) is 2.23. The van der Waals surface area contributed by atoms with E-state index in [0.717, 1.165) is 0 Å². The summed E-state index contributed by atoms with van der Waals surface area (Å²) in [5.41, 5.74) is 12.4. The zero-order valence-electron chi connectivity index (χ0n) is 24.9. The lowest BCUT2D eigenvalue weighted by Gasteiger charge is -2.26. The van der Waals surface area contributed by atoms with Crippen LogP contribution >= 0.6 is 11.6 Å². The maximum absolute atomic E-state index is 13.8. The van der Waals surface area contributed by atoms with Crippen molar-refractivity contribution in [3.8, 4) is 22.9 Å². The lowest BCUT2D eigenvalue weighted by atomic mass is 9.94. The van der Waals surface area contributed by atoms with Crippen LogP contribution in [0.25, 0.3) is 16.6 Å². The second-order valence-electron chi connectivity index (χ2n) is 10.1. The minimum Gasteiger partial charge on any atom is -0.495 e. The lowest BCUT2D eigenvalue weighted by molar-refractivity contribution is -0.192. The van der Waals surface area contributed by atoms with Crippen molar-refractivity contribution in [1.82, 2.24) is 14.2 Å². The molecule has 0 aliphatic rings. The van der Waals surface area contributed by atoms with Crippen LogP contribution in [0.3, 0.4) is 0 Å². The fourth-order valence-corrected chi connectivity index (χ4v) is 4.90. The third-order valence-electron chi connectivity index (χ3n) is 6.90. The number of halogens is 4. The van der Waals surface area contributed by atoms with Crippen molar-refractivity contribution in [3.05, 3.63) is 81.4 Å². The molecular weight excluding hydrogens is 647 g/mol. The molecule has 1 aromatic carbocycles. The lowest BCUT2D eigenvalue weighted by Crippen LogP contribution is -2.37. The number of aromatic nitrogens is 3. The number of benzene rings is 1. The normalized spacial score (nSPS) is 12.3. The molecular formula is C30H29ClF3N7O6. The summed E-state index contributed by atoms with van der Waals surface area (Å²) >= 11 is 6.18. The number of carboxylic acids is 1. The van der Waals surface area contributed by atoms with Crippen molar-refractivity contribution in [1.29, 1.82) is 5.26 Å². The maximum Gasteiger partial charge on any atom is 0.490 e. The van der Waals surface area contributed by atoms with Crippen LogP contribution in [0.2, 0.25) is 5.02 Å². The van der Waals surface area contributed by atoms with E-state index in [1.807, 2.05) is 6.92 Å². The summed E-state index contributed by atoms with van der Waals surface area (Å²) in [5.74, 6) is -4.21. The quantitative estimate of drug-likeness (QED) is 0.191. The minimum absolute atomic E-state index is 0.0195. The van der Waals surface area contributed by atoms with Gasteiger partial charge in [-0.2, -0.15) is 18.4 Å². The van der Waals surface area contributed by atoms with Crippen LogP contribution in [0.5, 0.6) is 5.75 Å². The second kappa shape index (κ2) is 15.3. The van der Waals surface area contributed by atoms with Crippen LogP contribution in [0.1, 0.15) is 41.7 Å². The van der Waals surface area contributed by atoms with Crippen molar-refractivity contribution >= 4 is 40.7 Å². The number of alkyl halides is 3. The number of hydrogen-bond donors (Lipinski definition) is 4. The number of nitrogens with two attached hydrogens (primary N) is 2. The van der Waals surface area contributed by atoms with Crippen LogP contribution in [0.15, 0.2) is 59.7 Å². The van der Waals surface area contributed by atoms with E-state index in [1.54, 1.807) is 42.6 Å². The van der Waals surface area contributed by atoms with E-state index >= 15 is 0 Å². The summed E-state index contributed by atoms with van der Waals surface area (Å²) in [4.78, 5) is 48.5. The molecule has 0 aliphatic heterocycles. The molecule has 6 N–H and O–H groups in total. The second-order valence-corrected chi connectivity index (χ2v) is 10.5. The molecule has 2 unspecified atom stereocenters. The molecule has 2 atom stereocenters. The Balaban J connectivity index is 0.000000771. The molecule has 4 aromatic rings. The van der Waals surface area contributed by atoms with Crippen molar-refractivity contribution in [2.45, 2.75) is 32.0 Å². The Morgan fingerprint density at radius 1 is 1.19 bits per heavy atom. The zero-order chi connectivity index (χ0) is 35.1. The van der Waals surface area contributed by atoms with E-state index in [-0.39, 0.29) is 23.0 Å². The van der Waals surface area contributed by atoms with Crippen molar-refractivity contribution in [2.75, 3.05) is 19.0 Å². The molecule has 13 nitrogen and oxygen atoms in total. The number of methoxy groups -OCH3 is 1. The Kier molecular flexibility index (Phi) is 11.7. The topological polar surface area (TPSA) is 208 Å². The molecule has 0 radical (unpaired) electrons. The summed E-state index contributed by atoms with van der Waals surface area (Å²) in [6, 6.07) is 12.2. The Bertz CT molecular complexity index is 1900. The molecule has 0 saturated carbocycles. The molecule has 0 spiro atoms. The third kappa shape index (κ3) is 8.45. The Hall–Kier alpha value is -5.40. The summed E-state index contributed by atoms with van der Waals surface area (Å²) in [6.07, 6.45) is -0.880. The monoisotopic (exact) mass is 675 g/mol. The molecule has 2 amide bonds. The first kappa shape index (κ1) is 36.1. The van der Waals surface area contributed by atoms with Gasteiger partial charge >= 0.3 is 12.1 Å². The Morgan fingerprint density at radius 2 is 1.87 bits per heavy atom. The van der Waals surface area contributed by atoms with Gasteiger partial charge < -0.3 is 26.6 Å². The maximum atomic E-state index is 13.8. The first-order valence-corrected chi connectivity index (χ1v) is 14.1. The van der Waals surface area contributed by atoms with E-state index in [9.17, 15) is 32.8 Å². The van der Waals surface area contributed by atoms with Gasteiger partial charge in [-0.1, -0.05) is 24.6 Å². The van der Waals surface area contributed by atoms with Crippen LogP contribution in [0.4, 0.5) is 19.0 Å². The highest BCUT2D eigenvalue weighted by Gasteiger charge is 2.38. The number of pyridine rings is 2. The number of aliphatic carboxylic acids is 1. The van der Waals surface area contributed by atoms with E-state index in [1.165, 1.54) is 28.5 Å². The van der Waals surface area contributed by atoms with E-state index < -0.39 is 35.6 Å². The fraction of sp³-hybridized carbons (Fsp3) is 0.267. The average Bonchev–Trinajstić information content (AvgIpc) is 3.38. The largest absolute Gasteiger partial charge is 0.495 e. The first-order chi connectivity index (χ1) is 22.1. The van der Waals surface area contributed by atoms with Crippen LogP contribution in [-0.4, -0.2) is 56.9 Å². The van der Waals surface area contributed by atoms with Crippen molar-refractivity contribution in [2.24, 2.45) is 17.4 Å². The highest BCUT2D eigenvalue weighted by molar-refractivity contribution is 6.31. The van der Waals surface area contributed by atoms with Gasteiger partial charge in [0.05, 0.1) is 30.5 Å². The summed E-state index contributed by atoms with van der Waals surface area (Å²) in [7, 11) is 1.42. The van der Waals surface area contributed by atoms with Gasteiger partial charge in [0, 0.05) is 28.4 Å². The summed E-state index contributed by atoms with van der Waals surface area (Å²) in [5, 5.41) is 24.1. The number of primary amides is 1. The van der Waals surface area contributed by atoms with Crippen molar-refractivity contribution < 1.29 is 37.4 Å². The fourth-order valence-electron chi connectivity index (χ4n) is 4.73. The number of rotatable bonds is 10. The third-order valence-corrected chi connectivity index (χ3v) is 7.13. The first-order valence-electron chi connectivity index (χ1n) is 13.7. The van der Waals surface area contributed by atoms with Gasteiger partial charge in [-0.3, -0.25) is 19.0 Å².